The van der Waals surface area contributed by atoms with Gasteiger partial charge in [0.25, 0.3) is 0 Å². The van der Waals surface area contributed by atoms with Crippen LogP contribution >= 0.6 is 22.7 Å². The highest BCUT2D eigenvalue weighted by molar-refractivity contribution is 7.24. The van der Waals surface area contributed by atoms with Gasteiger partial charge in [0.1, 0.15) is 5.84 Å². The Kier molecular flexibility index (Phi) is 4.96. The number of benzene rings is 1. The predicted octanol–water partition coefficient (Wildman–Crippen LogP) is 4.45. The Morgan fingerprint density at radius 2 is 1.40 bits per heavy atom. The maximum atomic E-state index is 7.53. The van der Waals surface area contributed by atoms with Gasteiger partial charge in [-0.3, -0.25) is 5.41 Å². The molecule has 0 aliphatic heterocycles. The summed E-state index contributed by atoms with van der Waals surface area (Å²) < 4.78 is 16.2. The number of amidine groups is 1. The fourth-order valence-corrected chi connectivity index (χ4v) is 4.41. The summed E-state index contributed by atoms with van der Waals surface area (Å²) in [5.41, 5.74) is 6.54. The molecule has 0 saturated heterocycles. The molecule has 3 aromatic rings. The number of hydrogen-bond acceptors (Lipinski definition) is 6. The zero-order chi connectivity index (χ0) is 18.0. The highest BCUT2D eigenvalue weighted by atomic mass is 32.1. The van der Waals surface area contributed by atoms with E-state index in [0.717, 1.165) is 25.1 Å². The van der Waals surface area contributed by atoms with E-state index in [1.165, 1.54) is 11.3 Å². The molecule has 7 heteroatoms. The molecule has 1 aromatic carbocycles. The average Bonchev–Trinajstić information content (AvgIpc) is 3.29. The van der Waals surface area contributed by atoms with Crippen LogP contribution in [0.1, 0.15) is 4.88 Å². The summed E-state index contributed by atoms with van der Waals surface area (Å²) >= 11 is 3.18. The van der Waals surface area contributed by atoms with Crippen molar-refractivity contribution < 1.29 is 14.2 Å². The number of hydrogen-bond donors (Lipinski definition) is 2. The van der Waals surface area contributed by atoms with E-state index in [2.05, 4.69) is 12.1 Å². The Morgan fingerprint density at radius 3 is 1.92 bits per heavy atom. The Morgan fingerprint density at radius 1 is 0.840 bits per heavy atom. The molecule has 0 unspecified atom stereocenters. The van der Waals surface area contributed by atoms with Crippen LogP contribution in [0.2, 0.25) is 0 Å². The Balaban J connectivity index is 2.00. The van der Waals surface area contributed by atoms with Crippen LogP contribution < -0.4 is 19.9 Å². The molecule has 130 valence electrons. The first-order chi connectivity index (χ1) is 12.1. The summed E-state index contributed by atoms with van der Waals surface area (Å²) in [7, 11) is 4.80. The van der Waals surface area contributed by atoms with Gasteiger partial charge in [-0.1, -0.05) is 0 Å². The van der Waals surface area contributed by atoms with Crippen LogP contribution in [0.5, 0.6) is 17.2 Å². The lowest BCUT2D eigenvalue weighted by Crippen LogP contribution is -2.08. The van der Waals surface area contributed by atoms with E-state index in [-0.39, 0.29) is 5.84 Å². The SMILES string of the molecule is COc1cc(-c2ccc(-c3ccc(C(=N)N)s3)s2)cc(OC)c1OC. The van der Waals surface area contributed by atoms with Crippen molar-refractivity contribution in [1.29, 1.82) is 5.41 Å². The molecule has 0 bridgehead atoms. The maximum absolute atomic E-state index is 7.53. The van der Waals surface area contributed by atoms with E-state index in [0.29, 0.717) is 17.2 Å². The Hall–Kier alpha value is -2.51. The quantitative estimate of drug-likeness (QED) is 0.493. The van der Waals surface area contributed by atoms with Gasteiger partial charge < -0.3 is 19.9 Å². The van der Waals surface area contributed by atoms with Gasteiger partial charge in [0.2, 0.25) is 5.75 Å². The van der Waals surface area contributed by atoms with E-state index in [1.54, 1.807) is 32.7 Å². The van der Waals surface area contributed by atoms with Crippen LogP contribution in [0.25, 0.3) is 20.2 Å². The number of nitrogen functional groups attached to an aromatic ring is 1. The van der Waals surface area contributed by atoms with Crippen LogP contribution in [0, 0.1) is 5.41 Å². The number of nitrogens with two attached hydrogens (primary N) is 1. The van der Waals surface area contributed by atoms with Gasteiger partial charge in [-0.2, -0.15) is 0 Å². The van der Waals surface area contributed by atoms with Crippen LogP contribution in [0.15, 0.2) is 36.4 Å². The molecule has 3 rings (SSSR count). The lowest BCUT2D eigenvalue weighted by Gasteiger charge is -2.13. The number of ether oxygens (including phenoxy) is 3. The largest absolute Gasteiger partial charge is 0.493 e. The van der Waals surface area contributed by atoms with E-state index < -0.39 is 0 Å². The molecule has 25 heavy (non-hydrogen) atoms. The zero-order valence-corrected chi connectivity index (χ0v) is 15.7. The molecule has 0 amide bonds. The van der Waals surface area contributed by atoms with Crippen molar-refractivity contribution in [3.05, 3.63) is 41.3 Å². The summed E-state index contributed by atoms with van der Waals surface area (Å²) in [5.74, 6) is 1.93. The van der Waals surface area contributed by atoms with Crippen molar-refractivity contribution in [3.63, 3.8) is 0 Å². The monoisotopic (exact) mass is 374 g/mol. The van der Waals surface area contributed by atoms with Gasteiger partial charge in [-0.15, -0.1) is 22.7 Å². The number of methoxy groups -OCH3 is 3. The summed E-state index contributed by atoms with van der Waals surface area (Å²) in [6, 6.07) is 11.9. The first-order valence-corrected chi connectivity index (χ1v) is 9.05. The third kappa shape index (κ3) is 3.33. The molecule has 0 radical (unpaired) electrons. The first kappa shape index (κ1) is 17.3. The van der Waals surface area contributed by atoms with Crippen LogP contribution in [-0.2, 0) is 0 Å². The third-order valence-electron chi connectivity index (χ3n) is 3.67. The van der Waals surface area contributed by atoms with Gasteiger partial charge >= 0.3 is 0 Å². The van der Waals surface area contributed by atoms with E-state index in [1.807, 2.05) is 24.3 Å². The molecular formula is C18H18N2O3S2. The molecule has 0 spiro atoms. The second-order valence-electron chi connectivity index (χ2n) is 5.16. The summed E-state index contributed by atoms with van der Waals surface area (Å²) in [4.78, 5) is 4.08. The fraction of sp³-hybridized carbons (Fsp3) is 0.167. The van der Waals surface area contributed by atoms with Crippen molar-refractivity contribution in [1.82, 2.24) is 0 Å². The molecule has 0 saturated carbocycles. The lowest BCUT2D eigenvalue weighted by molar-refractivity contribution is 0.324. The molecule has 2 aromatic heterocycles. The highest BCUT2D eigenvalue weighted by Gasteiger charge is 2.16. The summed E-state index contributed by atoms with van der Waals surface area (Å²) in [5, 5.41) is 7.53. The lowest BCUT2D eigenvalue weighted by atomic mass is 10.1. The van der Waals surface area contributed by atoms with E-state index in [9.17, 15) is 0 Å². The second kappa shape index (κ2) is 7.16. The van der Waals surface area contributed by atoms with Crippen molar-refractivity contribution in [2.24, 2.45) is 5.73 Å². The maximum Gasteiger partial charge on any atom is 0.203 e. The second-order valence-corrected chi connectivity index (χ2v) is 7.32. The minimum Gasteiger partial charge on any atom is -0.493 e. The van der Waals surface area contributed by atoms with Crippen LogP contribution in [-0.4, -0.2) is 27.2 Å². The number of thiophene rings is 2. The highest BCUT2D eigenvalue weighted by Crippen LogP contribution is 2.44. The van der Waals surface area contributed by atoms with Crippen molar-refractivity contribution >= 4 is 28.5 Å². The molecule has 0 atom stereocenters. The predicted molar refractivity (Wildman–Crippen MR) is 104 cm³/mol. The molecule has 2 heterocycles. The van der Waals surface area contributed by atoms with E-state index >= 15 is 0 Å². The minimum absolute atomic E-state index is 0.0951. The van der Waals surface area contributed by atoms with Gasteiger partial charge in [0.05, 0.1) is 26.2 Å². The summed E-state index contributed by atoms with van der Waals surface area (Å²) in [6.07, 6.45) is 0. The van der Waals surface area contributed by atoms with Crippen LogP contribution in [0.3, 0.4) is 0 Å². The van der Waals surface area contributed by atoms with Gasteiger partial charge in [-0.05, 0) is 42.0 Å². The van der Waals surface area contributed by atoms with Crippen molar-refractivity contribution in [3.8, 4) is 37.4 Å². The Bertz CT molecular complexity index is 890. The van der Waals surface area contributed by atoms with Gasteiger partial charge in [0.15, 0.2) is 11.5 Å². The first-order valence-electron chi connectivity index (χ1n) is 7.42. The summed E-state index contributed by atoms with van der Waals surface area (Å²) in [6.45, 7) is 0. The van der Waals surface area contributed by atoms with E-state index in [4.69, 9.17) is 25.4 Å². The molecule has 0 aliphatic rings. The smallest absolute Gasteiger partial charge is 0.203 e. The van der Waals surface area contributed by atoms with Gasteiger partial charge in [0, 0.05) is 14.6 Å². The van der Waals surface area contributed by atoms with Crippen molar-refractivity contribution in [2.45, 2.75) is 0 Å². The Labute approximate surface area is 154 Å². The molecule has 5 nitrogen and oxygen atoms in total. The average molecular weight is 374 g/mol. The molecular weight excluding hydrogens is 356 g/mol. The van der Waals surface area contributed by atoms with Crippen molar-refractivity contribution in [2.75, 3.05) is 21.3 Å². The number of rotatable bonds is 6. The fourth-order valence-electron chi connectivity index (χ4n) is 2.46. The van der Waals surface area contributed by atoms with Crippen LogP contribution in [0.4, 0.5) is 0 Å². The standard InChI is InChI=1S/C18H18N2O3S2/c1-21-11-8-10(9-12(22-2)17(11)23-3)13-4-5-14(24-13)15-6-7-16(25-15)18(19)20/h4-9H,1-3H3,(H3,19,20). The molecule has 3 N–H and O–H groups in total. The van der Waals surface area contributed by atoms with Gasteiger partial charge in [-0.25, -0.2) is 0 Å². The number of nitrogens with one attached hydrogen (secondary N) is 1. The zero-order valence-electron chi connectivity index (χ0n) is 14.1. The molecule has 0 aliphatic carbocycles. The molecule has 0 fully saturated rings. The normalized spacial score (nSPS) is 10.5. The minimum atomic E-state index is 0.0951. The third-order valence-corrected chi connectivity index (χ3v) is 6.12. The topological polar surface area (TPSA) is 77.6 Å².